The van der Waals surface area contributed by atoms with E-state index in [0.29, 0.717) is 0 Å². The predicted molar refractivity (Wildman–Crippen MR) is 219 cm³/mol. The van der Waals surface area contributed by atoms with Gasteiger partial charge in [0.2, 0.25) is 0 Å². The van der Waals surface area contributed by atoms with Crippen LogP contribution in [0.4, 0.5) is 0 Å². The van der Waals surface area contributed by atoms with Crippen LogP contribution in [0.1, 0.15) is 51.4 Å². The van der Waals surface area contributed by atoms with Gasteiger partial charge in [-0.25, -0.2) is 0 Å². The minimum atomic E-state index is -1.83. The Morgan fingerprint density at radius 3 is 0.681 bits per heavy atom. The normalized spacial score (nSPS) is 11.8. The quantitative estimate of drug-likeness (QED) is 0.0157. The number of ether oxygens (including phenoxy) is 11. The summed E-state index contributed by atoms with van der Waals surface area (Å²) in [5.74, 6) is -15.5. The van der Waals surface area contributed by atoms with Crippen molar-refractivity contribution in [3.05, 3.63) is 0 Å². The van der Waals surface area contributed by atoms with E-state index in [2.05, 4.69) is 18.9 Å². The maximum absolute atomic E-state index is 12.8. The maximum Gasteiger partial charge on any atom is 0.317 e. The molecule has 0 aliphatic rings. The van der Waals surface area contributed by atoms with Crippen molar-refractivity contribution in [1.82, 2.24) is 0 Å². The van der Waals surface area contributed by atoms with E-state index >= 15 is 0 Å². The van der Waals surface area contributed by atoms with Crippen LogP contribution in [0.5, 0.6) is 0 Å². The van der Waals surface area contributed by atoms with Gasteiger partial charge < -0.3 is 98.1 Å². The van der Waals surface area contributed by atoms with Crippen LogP contribution in [-0.4, -0.2) is 246 Å². The fraction of sp³-hybridized carbons (Fsp3) is 0.700. The summed E-state index contributed by atoms with van der Waals surface area (Å²) >= 11 is 0. The summed E-state index contributed by atoms with van der Waals surface area (Å²) in [5.41, 5.74) is 0. The highest BCUT2D eigenvalue weighted by atomic mass is 16.6. The molecule has 0 saturated carbocycles. The number of aliphatic hydroxyl groups is 9. The third-order valence-corrected chi connectivity index (χ3v) is 8.17. The SMILES string of the molecule is O=C(CCC(CO)OC(=O)CC(=O)OCC(COC(=O)CC(=O)OC(COC(=O)CC(=O)OC(CO)CO)COC(=O)CC(=O)OC(CO)CO)OC(=O)CC(=O)OC(CO)CO)CC(=O)OC(CO)CO. The minimum Gasteiger partial charge on any atom is -0.461 e. The summed E-state index contributed by atoms with van der Waals surface area (Å²) in [6, 6.07) is 0. The van der Waals surface area contributed by atoms with Crippen molar-refractivity contribution in [2.75, 3.05) is 85.9 Å². The lowest BCUT2D eigenvalue weighted by atomic mass is 10.1. The molecular weight excluding hydrogens is 992 g/mol. The number of ketones is 1. The van der Waals surface area contributed by atoms with Gasteiger partial charge >= 0.3 is 65.7 Å². The second kappa shape index (κ2) is 38.2. The van der Waals surface area contributed by atoms with E-state index in [0.717, 1.165) is 0 Å². The van der Waals surface area contributed by atoms with Crippen LogP contribution in [0.15, 0.2) is 0 Å². The average molecular weight is 1050 g/mol. The largest absolute Gasteiger partial charge is 0.461 e. The van der Waals surface area contributed by atoms with Gasteiger partial charge in [-0.15, -0.1) is 0 Å². The standard InChI is InChI=1S/C40H58O32/c41-9-23(2-1-22(50)3-34(55)67-24(10-42)11-43)66-35(56)4-30(51)62-20-29(72-40(61)8-39(60)70-27(16-48)17-49)21-65-33(54)7-38(59)71-28(18-63-31(52)5-36(57)68-25(12-44)13-45)19-64-32(53)6-37(58)69-26(14-46)15-47/h23-29,41-49H,1-21H2. The Kier molecular flexibility index (Phi) is 34.7. The molecule has 0 aromatic carbocycles. The Bertz CT molecular complexity index is 1700. The second-order valence-electron chi connectivity index (χ2n) is 14.3. The summed E-state index contributed by atoms with van der Waals surface area (Å²) in [7, 11) is 0. The van der Waals surface area contributed by atoms with Crippen LogP contribution in [0.25, 0.3) is 0 Å². The van der Waals surface area contributed by atoms with Gasteiger partial charge in [0, 0.05) is 6.42 Å². The number of rotatable bonds is 39. The first kappa shape index (κ1) is 65.5. The Hall–Kier alpha value is -6.52. The lowest BCUT2D eigenvalue weighted by molar-refractivity contribution is -0.176. The number of aliphatic hydroxyl groups excluding tert-OH is 9. The number of esters is 11. The average Bonchev–Trinajstić information content (AvgIpc) is 3.33. The molecule has 0 aliphatic carbocycles. The molecule has 0 spiro atoms. The van der Waals surface area contributed by atoms with E-state index in [1.807, 2.05) is 0 Å². The van der Waals surface area contributed by atoms with E-state index in [-0.39, 0.29) is 6.42 Å². The molecule has 0 aromatic rings. The number of carbonyl (C=O) groups is 12. The lowest BCUT2D eigenvalue weighted by Gasteiger charge is -2.20. The zero-order valence-electron chi connectivity index (χ0n) is 38.3. The van der Waals surface area contributed by atoms with Crippen LogP contribution in [-0.2, 0) is 110 Å². The Labute approximate surface area is 406 Å². The molecule has 410 valence electrons. The first-order valence-electron chi connectivity index (χ1n) is 21.2. The van der Waals surface area contributed by atoms with Gasteiger partial charge in [-0.2, -0.15) is 0 Å². The van der Waals surface area contributed by atoms with Crippen LogP contribution in [0.3, 0.4) is 0 Å². The molecule has 0 radical (unpaired) electrons. The van der Waals surface area contributed by atoms with Crippen LogP contribution < -0.4 is 0 Å². The lowest BCUT2D eigenvalue weighted by Crippen LogP contribution is -2.34. The zero-order chi connectivity index (χ0) is 54.6. The number of carbonyl (C=O) groups excluding carboxylic acids is 12. The molecule has 2 atom stereocenters. The summed E-state index contributed by atoms with van der Waals surface area (Å²) in [6.45, 7) is -11.3. The van der Waals surface area contributed by atoms with Gasteiger partial charge in [-0.3, -0.25) is 57.5 Å². The smallest absolute Gasteiger partial charge is 0.317 e. The molecular formula is C40H58O32. The van der Waals surface area contributed by atoms with Crippen molar-refractivity contribution in [2.45, 2.75) is 94.1 Å². The predicted octanol–water partition coefficient (Wildman–Crippen LogP) is -7.84. The Morgan fingerprint density at radius 2 is 0.444 bits per heavy atom. The van der Waals surface area contributed by atoms with Crippen LogP contribution in [0, 0.1) is 0 Å². The van der Waals surface area contributed by atoms with Crippen molar-refractivity contribution in [3.8, 4) is 0 Å². The van der Waals surface area contributed by atoms with Gasteiger partial charge in [0.15, 0.2) is 12.2 Å². The van der Waals surface area contributed by atoms with Crippen LogP contribution in [0.2, 0.25) is 0 Å². The summed E-state index contributed by atoms with van der Waals surface area (Å²) in [6.07, 6.45) is -18.0. The monoisotopic (exact) mass is 1050 g/mol. The molecule has 9 N–H and O–H groups in total. The van der Waals surface area contributed by atoms with Gasteiger partial charge in [0.25, 0.3) is 0 Å². The summed E-state index contributed by atoms with van der Waals surface area (Å²) in [4.78, 5) is 147. The van der Waals surface area contributed by atoms with Crippen molar-refractivity contribution >= 4 is 71.4 Å². The van der Waals surface area contributed by atoms with Gasteiger partial charge in [0.1, 0.15) is 101 Å². The van der Waals surface area contributed by atoms with E-state index in [4.69, 9.17) is 74.0 Å². The van der Waals surface area contributed by atoms with E-state index in [9.17, 15) is 62.6 Å². The molecule has 0 rings (SSSR count). The van der Waals surface area contributed by atoms with Gasteiger partial charge in [-0.05, 0) is 6.42 Å². The maximum atomic E-state index is 12.8. The topological polar surface area (TPSA) is 488 Å². The number of Topliss-reactive ketones (excluding diaryl/α,β-unsaturated/α-hetero) is 1. The molecule has 2 unspecified atom stereocenters. The number of hydrogen-bond donors (Lipinski definition) is 9. The third kappa shape index (κ3) is 31.7. The molecule has 0 fully saturated rings. The molecule has 0 aliphatic heterocycles. The molecule has 72 heavy (non-hydrogen) atoms. The highest BCUT2D eigenvalue weighted by molar-refractivity contribution is 5.96. The van der Waals surface area contributed by atoms with Gasteiger partial charge in [0.05, 0.1) is 59.5 Å². The number of hydrogen-bond acceptors (Lipinski definition) is 32. The highest BCUT2D eigenvalue weighted by Gasteiger charge is 2.28. The van der Waals surface area contributed by atoms with E-state index in [1.54, 1.807) is 0 Å². The Morgan fingerprint density at radius 1 is 0.250 bits per heavy atom. The molecule has 0 heterocycles. The van der Waals surface area contributed by atoms with Gasteiger partial charge in [-0.1, -0.05) is 0 Å². The highest BCUT2D eigenvalue weighted by Crippen LogP contribution is 2.10. The summed E-state index contributed by atoms with van der Waals surface area (Å²) < 4.78 is 52.9. The van der Waals surface area contributed by atoms with Crippen molar-refractivity contribution < 1.29 is 156 Å². The van der Waals surface area contributed by atoms with Crippen LogP contribution >= 0.6 is 0 Å². The summed E-state index contributed by atoms with van der Waals surface area (Å²) in [5, 5.41) is 81.9. The molecule has 0 aromatic heterocycles. The second-order valence-corrected chi connectivity index (χ2v) is 14.3. The minimum absolute atomic E-state index is 0.347. The van der Waals surface area contributed by atoms with E-state index in [1.165, 1.54) is 0 Å². The third-order valence-electron chi connectivity index (χ3n) is 8.17. The fourth-order valence-electron chi connectivity index (χ4n) is 4.65. The molecule has 0 bridgehead atoms. The Balaban J connectivity index is 5.78. The van der Waals surface area contributed by atoms with Crippen molar-refractivity contribution in [1.29, 1.82) is 0 Å². The molecule has 0 saturated heterocycles. The van der Waals surface area contributed by atoms with E-state index < -0.39 is 245 Å². The molecule has 0 amide bonds. The first-order chi connectivity index (χ1) is 34.2. The first-order valence-corrected chi connectivity index (χ1v) is 21.2. The molecule has 32 heteroatoms. The zero-order valence-corrected chi connectivity index (χ0v) is 38.3. The van der Waals surface area contributed by atoms with Crippen molar-refractivity contribution in [2.24, 2.45) is 0 Å². The van der Waals surface area contributed by atoms with Crippen molar-refractivity contribution in [3.63, 3.8) is 0 Å². The fourth-order valence-corrected chi connectivity index (χ4v) is 4.65. The molecule has 32 nitrogen and oxygen atoms in total.